The van der Waals surface area contributed by atoms with Crippen LogP contribution in [0.25, 0.3) is 0 Å². The molecule has 0 aromatic carbocycles. The van der Waals surface area contributed by atoms with Gasteiger partial charge >= 0.3 is 0 Å². The van der Waals surface area contributed by atoms with E-state index < -0.39 is 0 Å². The van der Waals surface area contributed by atoms with Gasteiger partial charge in [-0.2, -0.15) is 0 Å². The molecule has 0 spiro atoms. The van der Waals surface area contributed by atoms with Crippen LogP contribution in [0, 0.1) is 5.92 Å². The first-order chi connectivity index (χ1) is 7.74. The maximum absolute atomic E-state index is 11.4. The van der Waals surface area contributed by atoms with Crippen LogP contribution in [0.1, 0.15) is 32.1 Å². The van der Waals surface area contributed by atoms with Crippen LogP contribution < -0.4 is 11.1 Å². The van der Waals surface area contributed by atoms with Crippen LogP contribution in [0.2, 0.25) is 0 Å². The van der Waals surface area contributed by atoms with Crippen molar-refractivity contribution < 1.29 is 4.79 Å². The van der Waals surface area contributed by atoms with Gasteiger partial charge in [0.1, 0.15) is 0 Å². The zero-order valence-corrected chi connectivity index (χ0v) is 10.1. The Kier molecular flexibility index (Phi) is 3.82. The molecule has 0 aromatic heterocycles. The van der Waals surface area contributed by atoms with E-state index >= 15 is 0 Å². The number of nitrogens with two attached hydrogens (primary N) is 1. The fourth-order valence-electron chi connectivity index (χ4n) is 2.25. The normalized spacial score (nSPS) is 22.2. The Hall–Kier alpha value is -0.610. The number of carbonyl (C=O) groups excluding carboxylic acids is 1. The lowest BCUT2D eigenvalue weighted by molar-refractivity contribution is -0.121. The SMILES string of the molecule is CNC(=O)CC(CN)N(CC1CC1)C1CC1. The van der Waals surface area contributed by atoms with Gasteiger partial charge in [0.25, 0.3) is 0 Å². The van der Waals surface area contributed by atoms with Crippen LogP contribution in [0.3, 0.4) is 0 Å². The van der Waals surface area contributed by atoms with Crippen LogP contribution in [-0.2, 0) is 4.79 Å². The van der Waals surface area contributed by atoms with Crippen molar-refractivity contribution in [3.05, 3.63) is 0 Å². The smallest absolute Gasteiger partial charge is 0.221 e. The Labute approximate surface area is 97.6 Å². The highest BCUT2D eigenvalue weighted by Crippen LogP contribution is 2.36. The predicted molar refractivity (Wildman–Crippen MR) is 64.0 cm³/mol. The fourth-order valence-corrected chi connectivity index (χ4v) is 2.25. The maximum atomic E-state index is 11.4. The summed E-state index contributed by atoms with van der Waals surface area (Å²) in [5.74, 6) is 0.983. The first-order valence-corrected chi connectivity index (χ1v) is 6.41. The van der Waals surface area contributed by atoms with E-state index in [0.29, 0.717) is 19.0 Å². The Morgan fingerprint density at radius 3 is 2.56 bits per heavy atom. The highest BCUT2D eigenvalue weighted by atomic mass is 16.1. The van der Waals surface area contributed by atoms with E-state index in [-0.39, 0.29) is 11.9 Å². The zero-order valence-electron chi connectivity index (χ0n) is 10.1. The standard InChI is InChI=1S/C12H23N3O/c1-14-12(16)6-11(7-13)15(10-4-5-10)8-9-2-3-9/h9-11H,2-8,13H2,1H3,(H,14,16). The molecule has 1 unspecified atom stereocenters. The number of rotatable bonds is 7. The lowest BCUT2D eigenvalue weighted by atomic mass is 10.1. The van der Waals surface area contributed by atoms with E-state index in [4.69, 9.17) is 5.73 Å². The number of hydrogen-bond donors (Lipinski definition) is 2. The summed E-state index contributed by atoms with van der Waals surface area (Å²) in [6, 6.07) is 0.951. The number of nitrogens with zero attached hydrogens (tertiary/aromatic N) is 1. The van der Waals surface area contributed by atoms with Gasteiger partial charge in [0.15, 0.2) is 0 Å². The topological polar surface area (TPSA) is 58.4 Å². The minimum Gasteiger partial charge on any atom is -0.359 e. The van der Waals surface area contributed by atoms with Gasteiger partial charge in [-0.3, -0.25) is 9.69 Å². The third kappa shape index (κ3) is 3.19. The summed E-state index contributed by atoms with van der Waals surface area (Å²) in [7, 11) is 1.69. The van der Waals surface area contributed by atoms with Crippen molar-refractivity contribution in [3.63, 3.8) is 0 Å². The van der Waals surface area contributed by atoms with Crippen LogP contribution in [0.4, 0.5) is 0 Å². The highest BCUT2D eigenvalue weighted by molar-refractivity contribution is 5.76. The van der Waals surface area contributed by atoms with Crippen LogP contribution in [0.15, 0.2) is 0 Å². The zero-order chi connectivity index (χ0) is 11.5. The lowest BCUT2D eigenvalue weighted by Gasteiger charge is -2.30. The Bertz CT molecular complexity index is 249. The summed E-state index contributed by atoms with van der Waals surface area (Å²) in [5.41, 5.74) is 5.82. The lowest BCUT2D eigenvalue weighted by Crippen LogP contribution is -2.45. The third-order valence-corrected chi connectivity index (χ3v) is 3.62. The molecule has 3 N–H and O–H groups in total. The molecule has 16 heavy (non-hydrogen) atoms. The van der Waals surface area contributed by atoms with E-state index in [2.05, 4.69) is 10.2 Å². The van der Waals surface area contributed by atoms with Crippen molar-refractivity contribution in [3.8, 4) is 0 Å². The quantitative estimate of drug-likeness (QED) is 0.656. The number of nitrogens with one attached hydrogen (secondary N) is 1. The van der Waals surface area contributed by atoms with Gasteiger partial charge < -0.3 is 11.1 Å². The summed E-state index contributed by atoms with van der Waals surface area (Å²) in [4.78, 5) is 13.9. The Morgan fingerprint density at radius 2 is 2.12 bits per heavy atom. The molecule has 2 fully saturated rings. The van der Waals surface area contributed by atoms with Crippen molar-refractivity contribution in [2.24, 2.45) is 11.7 Å². The van der Waals surface area contributed by atoms with Crippen molar-refractivity contribution in [2.75, 3.05) is 20.1 Å². The second kappa shape index (κ2) is 5.15. The summed E-state index contributed by atoms with van der Waals surface area (Å²) in [6.07, 6.45) is 5.85. The molecule has 1 amide bonds. The Morgan fingerprint density at radius 1 is 1.44 bits per heavy atom. The van der Waals surface area contributed by atoms with Gasteiger partial charge in [-0.1, -0.05) is 0 Å². The van der Waals surface area contributed by atoms with Gasteiger partial charge in [-0.05, 0) is 31.6 Å². The summed E-state index contributed by atoms with van der Waals surface area (Å²) < 4.78 is 0. The molecule has 2 rings (SSSR count). The van der Waals surface area contributed by atoms with E-state index in [9.17, 15) is 4.79 Å². The molecule has 0 bridgehead atoms. The summed E-state index contributed by atoms with van der Waals surface area (Å²) >= 11 is 0. The number of amides is 1. The van der Waals surface area contributed by atoms with Crippen molar-refractivity contribution >= 4 is 5.91 Å². The number of carbonyl (C=O) groups is 1. The van der Waals surface area contributed by atoms with E-state index in [1.54, 1.807) is 7.05 Å². The van der Waals surface area contributed by atoms with E-state index in [0.717, 1.165) is 12.5 Å². The van der Waals surface area contributed by atoms with Crippen LogP contribution in [0.5, 0.6) is 0 Å². The molecule has 0 radical (unpaired) electrons. The van der Waals surface area contributed by atoms with Crippen molar-refractivity contribution in [2.45, 2.75) is 44.2 Å². The van der Waals surface area contributed by atoms with E-state index in [1.807, 2.05) is 0 Å². The molecule has 2 saturated carbocycles. The van der Waals surface area contributed by atoms with Crippen molar-refractivity contribution in [1.82, 2.24) is 10.2 Å². The molecule has 0 aliphatic heterocycles. The third-order valence-electron chi connectivity index (χ3n) is 3.62. The minimum absolute atomic E-state index is 0.108. The van der Waals surface area contributed by atoms with Gasteiger partial charge in [-0.15, -0.1) is 0 Å². The van der Waals surface area contributed by atoms with E-state index in [1.165, 1.54) is 25.7 Å². The fraction of sp³-hybridized carbons (Fsp3) is 0.917. The molecular weight excluding hydrogens is 202 g/mol. The van der Waals surface area contributed by atoms with Gasteiger partial charge in [0.2, 0.25) is 5.91 Å². The summed E-state index contributed by atoms with van der Waals surface area (Å²) in [5, 5.41) is 2.69. The first kappa shape index (κ1) is 11.9. The average Bonchev–Trinajstić information content (AvgIpc) is 3.15. The second-order valence-corrected chi connectivity index (χ2v) is 5.14. The largest absolute Gasteiger partial charge is 0.359 e. The van der Waals surface area contributed by atoms with Gasteiger partial charge in [0.05, 0.1) is 0 Å². The molecule has 2 aliphatic rings. The molecule has 4 nitrogen and oxygen atoms in total. The highest BCUT2D eigenvalue weighted by Gasteiger charge is 2.37. The maximum Gasteiger partial charge on any atom is 0.221 e. The molecule has 0 heterocycles. The molecule has 2 aliphatic carbocycles. The minimum atomic E-state index is 0.108. The number of hydrogen-bond acceptors (Lipinski definition) is 3. The second-order valence-electron chi connectivity index (χ2n) is 5.14. The first-order valence-electron chi connectivity index (χ1n) is 6.41. The predicted octanol–water partition coefficient (Wildman–Crippen LogP) is 0.324. The molecule has 1 atom stereocenters. The molecule has 0 aromatic rings. The van der Waals surface area contributed by atoms with Crippen LogP contribution >= 0.6 is 0 Å². The molecule has 92 valence electrons. The van der Waals surface area contributed by atoms with Crippen LogP contribution in [-0.4, -0.2) is 43.0 Å². The Balaban J connectivity index is 1.88. The molecular formula is C12H23N3O. The van der Waals surface area contributed by atoms with Gasteiger partial charge in [-0.25, -0.2) is 0 Å². The van der Waals surface area contributed by atoms with Gasteiger partial charge in [0, 0.05) is 38.6 Å². The van der Waals surface area contributed by atoms with Crippen molar-refractivity contribution in [1.29, 1.82) is 0 Å². The monoisotopic (exact) mass is 225 g/mol. The molecule has 4 heteroatoms. The average molecular weight is 225 g/mol. The molecule has 0 saturated heterocycles. The summed E-state index contributed by atoms with van der Waals surface area (Å²) in [6.45, 7) is 1.75.